The van der Waals surface area contributed by atoms with Gasteiger partial charge in [-0.25, -0.2) is 9.78 Å². The van der Waals surface area contributed by atoms with Crippen LogP contribution in [0.15, 0.2) is 30.7 Å². The lowest BCUT2D eigenvalue weighted by Crippen LogP contribution is -2.44. The molecule has 2 aromatic heterocycles. The molecule has 0 spiro atoms. The van der Waals surface area contributed by atoms with Gasteiger partial charge in [0.2, 0.25) is 11.9 Å². The third kappa shape index (κ3) is 12.4. The summed E-state index contributed by atoms with van der Waals surface area (Å²) < 4.78 is 5.13. The molecule has 1 atom stereocenters. The highest BCUT2D eigenvalue weighted by molar-refractivity contribution is 5.98. The maximum absolute atomic E-state index is 12.9. The van der Waals surface area contributed by atoms with Crippen LogP contribution in [0.4, 0.5) is 16.6 Å². The van der Waals surface area contributed by atoms with E-state index < -0.39 is 11.7 Å². The summed E-state index contributed by atoms with van der Waals surface area (Å²) in [7, 11) is 0. The topological polar surface area (TPSA) is 159 Å². The maximum atomic E-state index is 12.9. The fraction of sp³-hybridized carbons (Fsp3) is 0.556. The van der Waals surface area contributed by atoms with E-state index in [1.165, 1.54) is 6.20 Å². The molecule has 39 heavy (non-hydrogen) atoms. The van der Waals surface area contributed by atoms with E-state index in [4.69, 9.17) is 4.74 Å². The fourth-order valence-electron chi connectivity index (χ4n) is 3.46. The molecule has 0 aliphatic heterocycles. The van der Waals surface area contributed by atoms with Crippen molar-refractivity contribution < 1.29 is 19.1 Å². The molecule has 0 aliphatic rings. The Morgan fingerprint density at radius 1 is 1.00 bits per heavy atom. The molecule has 0 saturated heterocycles. The Hall–Kier alpha value is -3.96. The van der Waals surface area contributed by atoms with Crippen LogP contribution in [0.2, 0.25) is 0 Å². The predicted molar refractivity (Wildman–Crippen MR) is 151 cm³/mol. The van der Waals surface area contributed by atoms with E-state index in [-0.39, 0.29) is 24.4 Å². The maximum Gasteiger partial charge on any atom is 0.408 e. The van der Waals surface area contributed by atoms with Crippen LogP contribution in [0.3, 0.4) is 0 Å². The third-order valence-electron chi connectivity index (χ3n) is 5.45. The number of carbonyl (C=O) groups is 3. The van der Waals surface area contributed by atoms with Crippen LogP contribution in [-0.4, -0.2) is 70.7 Å². The summed E-state index contributed by atoms with van der Waals surface area (Å²) in [4.78, 5) is 49.7. The van der Waals surface area contributed by atoms with Crippen molar-refractivity contribution in [3.05, 3.63) is 41.9 Å². The van der Waals surface area contributed by atoms with Crippen LogP contribution < -0.4 is 26.6 Å². The normalized spacial score (nSPS) is 11.7. The molecule has 0 aliphatic carbocycles. The zero-order valence-electron chi connectivity index (χ0n) is 23.6. The van der Waals surface area contributed by atoms with Gasteiger partial charge in [-0.15, -0.1) is 0 Å². The van der Waals surface area contributed by atoms with E-state index in [1.807, 2.05) is 26.0 Å². The standard InChI is InChI=1S/C27H42N8O4/c1-6-12-29-23-21(17-32-25(35-23)31-15-10-19-8-13-28-14-9-19)24(37)30-16-11-20(7-2)34-22(36)18-33-26(38)39-27(3,4)5/h8-9,13-14,17,20H,6-7,10-12,15-16,18H2,1-5H3,(H,30,37)(H,33,38)(H,34,36)(H2,29,31,32,35). The van der Waals surface area contributed by atoms with E-state index in [0.717, 1.165) is 18.4 Å². The van der Waals surface area contributed by atoms with Crippen molar-refractivity contribution in [1.29, 1.82) is 0 Å². The molecule has 214 valence electrons. The number of hydrogen-bond acceptors (Lipinski definition) is 9. The molecule has 0 fully saturated rings. The van der Waals surface area contributed by atoms with E-state index in [0.29, 0.717) is 49.8 Å². The Bertz CT molecular complexity index is 1060. The van der Waals surface area contributed by atoms with Gasteiger partial charge in [0.25, 0.3) is 5.91 Å². The Morgan fingerprint density at radius 2 is 1.74 bits per heavy atom. The van der Waals surface area contributed by atoms with Gasteiger partial charge in [0.1, 0.15) is 23.5 Å². The summed E-state index contributed by atoms with van der Waals surface area (Å²) in [6.07, 6.45) is 7.22. The van der Waals surface area contributed by atoms with Crippen molar-refractivity contribution in [2.75, 3.05) is 36.8 Å². The molecule has 5 N–H and O–H groups in total. The van der Waals surface area contributed by atoms with Crippen molar-refractivity contribution in [3.63, 3.8) is 0 Å². The van der Waals surface area contributed by atoms with Crippen LogP contribution >= 0.6 is 0 Å². The van der Waals surface area contributed by atoms with Crippen molar-refractivity contribution >= 4 is 29.7 Å². The van der Waals surface area contributed by atoms with E-state index in [9.17, 15) is 14.4 Å². The molecule has 0 saturated carbocycles. The second kappa shape index (κ2) is 16.1. The summed E-state index contributed by atoms with van der Waals surface area (Å²) in [5, 5.41) is 14.6. The molecular formula is C27H42N8O4. The van der Waals surface area contributed by atoms with Gasteiger partial charge in [-0.05, 0) is 64.2 Å². The molecule has 0 aromatic carbocycles. The Balaban J connectivity index is 1.85. The molecule has 2 heterocycles. The zero-order chi connectivity index (χ0) is 28.7. The lowest BCUT2D eigenvalue weighted by molar-refractivity contribution is -0.121. The van der Waals surface area contributed by atoms with Crippen LogP contribution in [0.5, 0.6) is 0 Å². The summed E-state index contributed by atoms with van der Waals surface area (Å²) in [5.41, 5.74) is 0.861. The lowest BCUT2D eigenvalue weighted by atomic mass is 10.1. The summed E-state index contributed by atoms with van der Waals surface area (Å²) in [6.45, 7) is 10.7. The van der Waals surface area contributed by atoms with Gasteiger partial charge >= 0.3 is 6.09 Å². The smallest absolute Gasteiger partial charge is 0.408 e. The Kier molecular flexibility index (Phi) is 12.9. The number of ether oxygens (including phenoxy) is 1. The molecule has 12 heteroatoms. The summed E-state index contributed by atoms with van der Waals surface area (Å²) >= 11 is 0. The van der Waals surface area contributed by atoms with Crippen LogP contribution in [0.1, 0.15) is 69.8 Å². The van der Waals surface area contributed by atoms with Gasteiger partial charge in [-0.2, -0.15) is 4.98 Å². The Morgan fingerprint density at radius 3 is 2.41 bits per heavy atom. The summed E-state index contributed by atoms with van der Waals surface area (Å²) in [6, 6.07) is 3.75. The average molecular weight is 543 g/mol. The second-order valence-electron chi connectivity index (χ2n) is 9.99. The van der Waals surface area contributed by atoms with Gasteiger partial charge in [0.15, 0.2) is 0 Å². The number of rotatable bonds is 15. The molecular weight excluding hydrogens is 500 g/mol. The first kappa shape index (κ1) is 31.3. The van der Waals surface area contributed by atoms with Gasteiger partial charge < -0.3 is 31.3 Å². The highest BCUT2D eigenvalue weighted by Crippen LogP contribution is 2.15. The molecule has 2 rings (SSSR count). The molecule has 0 radical (unpaired) electrons. The first-order valence-corrected chi connectivity index (χ1v) is 13.4. The quantitative estimate of drug-likeness (QED) is 0.228. The number of pyridine rings is 1. The van der Waals surface area contributed by atoms with Crippen LogP contribution in [0, 0.1) is 0 Å². The van der Waals surface area contributed by atoms with Gasteiger partial charge in [-0.1, -0.05) is 13.8 Å². The average Bonchev–Trinajstić information content (AvgIpc) is 2.89. The number of aromatic nitrogens is 3. The number of hydrogen-bond donors (Lipinski definition) is 5. The van der Waals surface area contributed by atoms with E-state index in [2.05, 4.69) is 41.5 Å². The number of carbonyl (C=O) groups excluding carboxylic acids is 3. The summed E-state index contributed by atoms with van der Waals surface area (Å²) in [5.74, 6) is 0.271. The van der Waals surface area contributed by atoms with Gasteiger partial charge in [0.05, 0.1) is 0 Å². The fourth-order valence-corrected chi connectivity index (χ4v) is 3.46. The second-order valence-corrected chi connectivity index (χ2v) is 9.99. The number of anilines is 2. The number of amides is 3. The first-order chi connectivity index (χ1) is 18.6. The van der Waals surface area contributed by atoms with Crippen molar-refractivity contribution in [1.82, 2.24) is 30.9 Å². The van der Waals surface area contributed by atoms with Crippen LogP contribution in [0.25, 0.3) is 0 Å². The molecule has 3 amide bonds. The molecule has 2 aromatic rings. The molecule has 12 nitrogen and oxygen atoms in total. The van der Waals surface area contributed by atoms with E-state index >= 15 is 0 Å². The van der Waals surface area contributed by atoms with Crippen molar-refractivity contribution in [3.8, 4) is 0 Å². The minimum absolute atomic E-state index is 0.167. The molecule has 0 bridgehead atoms. The molecule has 1 unspecified atom stereocenters. The largest absolute Gasteiger partial charge is 0.444 e. The SMILES string of the molecule is CCCNc1nc(NCCc2ccncc2)ncc1C(=O)NCCC(CC)NC(=O)CNC(=O)OC(C)(C)C. The minimum atomic E-state index is -0.650. The van der Waals surface area contributed by atoms with E-state index in [1.54, 1.807) is 33.2 Å². The van der Waals surface area contributed by atoms with Crippen molar-refractivity contribution in [2.24, 2.45) is 0 Å². The highest BCUT2D eigenvalue weighted by atomic mass is 16.6. The minimum Gasteiger partial charge on any atom is -0.444 e. The lowest BCUT2D eigenvalue weighted by Gasteiger charge is -2.20. The predicted octanol–water partition coefficient (Wildman–Crippen LogP) is 2.89. The third-order valence-corrected chi connectivity index (χ3v) is 5.45. The van der Waals surface area contributed by atoms with Crippen molar-refractivity contribution in [2.45, 2.75) is 71.9 Å². The zero-order valence-corrected chi connectivity index (χ0v) is 23.6. The number of alkyl carbamates (subject to hydrolysis) is 1. The first-order valence-electron chi connectivity index (χ1n) is 13.4. The van der Waals surface area contributed by atoms with Gasteiger partial charge in [-0.3, -0.25) is 14.6 Å². The highest BCUT2D eigenvalue weighted by Gasteiger charge is 2.18. The number of nitrogens with zero attached hydrogens (tertiary/aromatic N) is 3. The monoisotopic (exact) mass is 542 g/mol. The van der Waals surface area contributed by atoms with Gasteiger partial charge in [0, 0.05) is 44.3 Å². The Labute approximate surface area is 230 Å². The number of nitrogens with one attached hydrogen (secondary N) is 5. The van der Waals surface area contributed by atoms with Crippen LogP contribution in [-0.2, 0) is 16.0 Å².